The van der Waals surface area contributed by atoms with Crippen LogP contribution in [0.4, 0.5) is 0 Å². The van der Waals surface area contributed by atoms with E-state index in [9.17, 15) is 14.7 Å². The van der Waals surface area contributed by atoms with E-state index in [-0.39, 0.29) is 63.9 Å². The standard InChI is InChI=1S/C38H65NO6.H2O/c1-24(2)25(3)34(5)17-18-37(8)27-13-14-30-35(6,28(27)21-32(42)38(37,9)31(34)22-40)16-15-29(45-26(4)41)33(36(30,7)23-43-12)44-20-19-39(10)11;/h21,24-25,27,29-31,33,40H,13-20,22-23H2,1-12H3;1H2/t25-,27+,29-,30-,31-,33+,34-,35-,36+,37-,38-;/m1./s1. The molecule has 4 aliphatic carbocycles. The third kappa shape index (κ3) is 5.94. The molecule has 8 heteroatoms. The Kier molecular flexibility index (Phi) is 11.8. The lowest BCUT2D eigenvalue weighted by molar-refractivity contribution is -0.194. The second-order valence-electron chi connectivity index (χ2n) is 17.2. The number of rotatable bonds is 10. The first-order chi connectivity index (χ1) is 20.9. The van der Waals surface area contributed by atoms with Gasteiger partial charge < -0.3 is 29.7 Å². The Bertz CT molecular complexity index is 1140. The fourth-order valence-electron chi connectivity index (χ4n) is 11.4. The molecule has 0 aromatic heterocycles. The van der Waals surface area contributed by atoms with Crippen LogP contribution in [0, 0.1) is 56.7 Å². The van der Waals surface area contributed by atoms with Crippen molar-refractivity contribution in [3.63, 3.8) is 0 Å². The molecule has 0 aliphatic heterocycles. The smallest absolute Gasteiger partial charge is 0.302 e. The lowest BCUT2D eigenvalue weighted by atomic mass is 9.35. The Labute approximate surface area is 279 Å². The van der Waals surface area contributed by atoms with Crippen molar-refractivity contribution in [2.75, 3.05) is 47.6 Å². The molecule has 266 valence electrons. The Morgan fingerprint density at radius 3 is 2.24 bits per heavy atom. The van der Waals surface area contributed by atoms with Gasteiger partial charge in [0.25, 0.3) is 0 Å². The molecule has 0 amide bonds. The Hall–Kier alpha value is -1.32. The van der Waals surface area contributed by atoms with Crippen LogP contribution in [0.25, 0.3) is 0 Å². The minimum absolute atomic E-state index is 0. The summed E-state index contributed by atoms with van der Waals surface area (Å²) in [4.78, 5) is 29.4. The van der Waals surface area contributed by atoms with Crippen LogP contribution < -0.4 is 0 Å². The van der Waals surface area contributed by atoms with Gasteiger partial charge in [0.15, 0.2) is 5.78 Å². The van der Waals surface area contributed by atoms with Gasteiger partial charge in [-0.15, -0.1) is 0 Å². The first kappa shape index (κ1) is 39.1. The number of methoxy groups -OCH3 is 1. The maximum atomic E-state index is 14.8. The zero-order valence-corrected chi connectivity index (χ0v) is 31.1. The zero-order valence-electron chi connectivity index (χ0n) is 31.1. The molecular formula is C38H67NO7. The van der Waals surface area contributed by atoms with Gasteiger partial charge in [0.2, 0.25) is 0 Å². The highest BCUT2D eigenvalue weighted by molar-refractivity contribution is 5.98. The molecule has 0 bridgehead atoms. The van der Waals surface area contributed by atoms with Crippen molar-refractivity contribution in [1.82, 2.24) is 4.90 Å². The number of hydrogen-bond donors (Lipinski definition) is 1. The average molecular weight is 650 g/mol. The van der Waals surface area contributed by atoms with Crippen LogP contribution in [-0.4, -0.2) is 87.0 Å². The van der Waals surface area contributed by atoms with Gasteiger partial charge in [-0.2, -0.15) is 0 Å². The predicted octanol–water partition coefficient (Wildman–Crippen LogP) is 5.74. The largest absolute Gasteiger partial charge is 0.460 e. The van der Waals surface area contributed by atoms with Gasteiger partial charge >= 0.3 is 5.97 Å². The van der Waals surface area contributed by atoms with Crippen LogP contribution in [0.15, 0.2) is 11.6 Å². The molecule has 11 atom stereocenters. The first-order valence-corrected chi connectivity index (χ1v) is 17.7. The summed E-state index contributed by atoms with van der Waals surface area (Å²) in [5.74, 6) is 1.08. The Balaban J connectivity index is 0.00000576. The van der Waals surface area contributed by atoms with Gasteiger partial charge in [0.05, 0.1) is 13.2 Å². The number of fused-ring (bicyclic) bond motifs is 5. The lowest BCUT2D eigenvalue weighted by Gasteiger charge is -2.68. The minimum Gasteiger partial charge on any atom is -0.460 e. The molecule has 46 heavy (non-hydrogen) atoms. The Morgan fingerprint density at radius 1 is 1.04 bits per heavy atom. The highest BCUT2D eigenvalue weighted by Crippen LogP contribution is 2.73. The van der Waals surface area contributed by atoms with Gasteiger partial charge in [-0.05, 0) is 98.6 Å². The summed E-state index contributed by atoms with van der Waals surface area (Å²) in [6, 6.07) is 0. The molecule has 4 aliphatic rings. The van der Waals surface area contributed by atoms with Crippen molar-refractivity contribution in [3.8, 4) is 0 Å². The van der Waals surface area contributed by atoms with E-state index in [1.807, 2.05) is 20.2 Å². The number of ether oxygens (including phenoxy) is 3. The van der Waals surface area contributed by atoms with Gasteiger partial charge in [0.1, 0.15) is 12.2 Å². The van der Waals surface area contributed by atoms with Crippen LogP contribution >= 0.6 is 0 Å². The average Bonchev–Trinajstić information content (AvgIpc) is 3.03. The summed E-state index contributed by atoms with van der Waals surface area (Å²) in [6.45, 7) is 21.7. The molecule has 3 N–H and O–H groups in total. The Morgan fingerprint density at radius 2 is 1.70 bits per heavy atom. The van der Waals surface area contributed by atoms with E-state index in [0.29, 0.717) is 31.5 Å². The number of allylic oxidation sites excluding steroid dienone is 2. The van der Waals surface area contributed by atoms with Crippen LogP contribution in [-0.2, 0) is 23.8 Å². The van der Waals surface area contributed by atoms with Gasteiger partial charge in [-0.3, -0.25) is 9.59 Å². The maximum Gasteiger partial charge on any atom is 0.302 e. The van der Waals surface area contributed by atoms with E-state index >= 15 is 0 Å². The number of carbonyl (C=O) groups is 2. The van der Waals surface area contributed by atoms with E-state index in [1.54, 1.807) is 7.11 Å². The van der Waals surface area contributed by atoms with Crippen molar-refractivity contribution >= 4 is 11.8 Å². The van der Waals surface area contributed by atoms with Gasteiger partial charge in [-0.25, -0.2) is 0 Å². The molecular weight excluding hydrogens is 582 g/mol. The normalized spacial score (nSPS) is 43.1. The second kappa shape index (κ2) is 13.9. The SMILES string of the molecule is COC[C@]1(C)[C@@H](OCCN(C)C)[C@H](OC(C)=O)CC[C@]2(C)C3=CC(=O)[C@@]4(C)[C@H](CO)[C@@](C)([C@H](C)C(C)C)CC[C@]4(C)[C@H]3CC[C@@H]12.O. The molecule has 0 saturated heterocycles. The zero-order chi connectivity index (χ0) is 33.8. The number of ketones is 1. The fourth-order valence-corrected chi connectivity index (χ4v) is 11.4. The molecule has 8 nitrogen and oxygen atoms in total. The van der Waals surface area contributed by atoms with Crippen LogP contribution in [0.3, 0.4) is 0 Å². The third-order valence-electron chi connectivity index (χ3n) is 14.5. The minimum atomic E-state index is -0.645. The summed E-state index contributed by atoms with van der Waals surface area (Å²) in [5.41, 5.74) is -0.463. The molecule has 0 spiro atoms. The number of likely N-dealkylation sites (N-methyl/N-ethyl adjacent to an activating group) is 1. The van der Waals surface area contributed by atoms with Crippen molar-refractivity contribution in [1.29, 1.82) is 0 Å². The molecule has 3 fully saturated rings. The number of aliphatic hydroxyl groups is 1. The van der Waals surface area contributed by atoms with E-state index in [1.165, 1.54) is 12.5 Å². The maximum absolute atomic E-state index is 14.8. The summed E-state index contributed by atoms with van der Waals surface area (Å²) in [7, 11) is 5.82. The van der Waals surface area contributed by atoms with E-state index < -0.39 is 16.9 Å². The van der Waals surface area contributed by atoms with Crippen molar-refractivity contribution in [2.24, 2.45) is 56.7 Å². The fraction of sp³-hybridized carbons (Fsp3) is 0.895. The number of esters is 1. The van der Waals surface area contributed by atoms with Crippen molar-refractivity contribution < 1.29 is 34.4 Å². The highest BCUT2D eigenvalue weighted by atomic mass is 16.6. The third-order valence-corrected chi connectivity index (χ3v) is 14.5. The quantitative estimate of drug-likeness (QED) is 0.300. The summed E-state index contributed by atoms with van der Waals surface area (Å²) in [5, 5.41) is 11.1. The first-order valence-electron chi connectivity index (χ1n) is 17.7. The molecule has 4 rings (SSSR count). The van der Waals surface area contributed by atoms with Crippen LogP contribution in [0.1, 0.15) is 101 Å². The van der Waals surface area contributed by atoms with E-state index in [0.717, 1.165) is 38.6 Å². The van der Waals surface area contributed by atoms with Crippen molar-refractivity contribution in [3.05, 3.63) is 11.6 Å². The molecule has 0 unspecified atom stereocenters. The molecule has 0 aromatic carbocycles. The van der Waals surface area contributed by atoms with Gasteiger partial charge in [0, 0.05) is 43.9 Å². The molecule has 0 aromatic rings. The molecule has 0 heterocycles. The highest BCUT2D eigenvalue weighted by Gasteiger charge is 2.70. The number of carbonyl (C=O) groups excluding carboxylic acids is 2. The lowest BCUT2D eigenvalue weighted by Crippen LogP contribution is -2.66. The second-order valence-corrected chi connectivity index (χ2v) is 17.2. The number of hydrogen-bond acceptors (Lipinski definition) is 7. The van der Waals surface area contributed by atoms with E-state index in [2.05, 4.69) is 60.3 Å². The summed E-state index contributed by atoms with van der Waals surface area (Å²) < 4.78 is 18.7. The monoisotopic (exact) mass is 649 g/mol. The molecule has 0 radical (unpaired) electrons. The van der Waals surface area contributed by atoms with Gasteiger partial charge in [-0.1, -0.05) is 61.0 Å². The topological polar surface area (TPSA) is 117 Å². The number of nitrogens with zero attached hydrogens (tertiary/aromatic N) is 1. The van der Waals surface area contributed by atoms with Crippen LogP contribution in [0.5, 0.6) is 0 Å². The summed E-state index contributed by atoms with van der Waals surface area (Å²) in [6.07, 6.45) is 6.78. The summed E-state index contributed by atoms with van der Waals surface area (Å²) >= 11 is 0. The molecule has 3 saturated carbocycles. The van der Waals surface area contributed by atoms with E-state index in [4.69, 9.17) is 14.2 Å². The number of aliphatic hydroxyl groups excluding tert-OH is 1. The van der Waals surface area contributed by atoms with Crippen LogP contribution in [0.2, 0.25) is 0 Å². The predicted molar refractivity (Wildman–Crippen MR) is 182 cm³/mol. The van der Waals surface area contributed by atoms with Crippen molar-refractivity contribution in [2.45, 2.75) is 113 Å².